The predicted octanol–water partition coefficient (Wildman–Crippen LogP) is 3.33. The smallest absolute Gasteiger partial charge is 0.262 e. The Kier molecular flexibility index (Phi) is 5.29. The molecule has 3 aromatic rings. The molecule has 1 atom stereocenters. The third kappa shape index (κ3) is 3.39. The summed E-state index contributed by atoms with van der Waals surface area (Å²) in [7, 11) is 0. The monoisotopic (exact) mass is 413 g/mol. The fourth-order valence-electron chi connectivity index (χ4n) is 4.28. The summed E-state index contributed by atoms with van der Waals surface area (Å²) < 4.78 is 3.53. The molecule has 4 rings (SSSR count). The number of hydrogen-bond acceptors (Lipinski definition) is 5. The normalized spacial score (nSPS) is 17.2. The van der Waals surface area contributed by atoms with Gasteiger partial charge in [-0.15, -0.1) is 11.3 Å². The van der Waals surface area contributed by atoms with Crippen molar-refractivity contribution in [1.29, 1.82) is 0 Å². The van der Waals surface area contributed by atoms with Gasteiger partial charge in [0.2, 0.25) is 0 Å². The molecule has 29 heavy (non-hydrogen) atoms. The maximum absolute atomic E-state index is 13.3. The van der Waals surface area contributed by atoms with Crippen LogP contribution in [-0.4, -0.2) is 43.2 Å². The number of aromatic nitrogens is 4. The zero-order valence-corrected chi connectivity index (χ0v) is 18.3. The molecule has 0 unspecified atom stereocenters. The summed E-state index contributed by atoms with van der Waals surface area (Å²) in [5, 5.41) is 5.15. The van der Waals surface area contributed by atoms with Crippen LogP contribution in [0.1, 0.15) is 59.2 Å². The Labute approximate surface area is 174 Å². The zero-order chi connectivity index (χ0) is 20.7. The summed E-state index contributed by atoms with van der Waals surface area (Å²) in [6.45, 7) is 9.96. The first-order chi connectivity index (χ1) is 13.9. The maximum Gasteiger partial charge on any atom is 0.262 e. The highest BCUT2D eigenvalue weighted by molar-refractivity contribution is 7.18. The molecular weight excluding hydrogens is 386 g/mol. The minimum absolute atomic E-state index is 0.00499. The molecule has 0 aromatic carbocycles. The van der Waals surface area contributed by atoms with Crippen LogP contribution >= 0.6 is 11.3 Å². The lowest BCUT2D eigenvalue weighted by atomic mass is 10.0. The van der Waals surface area contributed by atoms with Crippen molar-refractivity contribution in [2.45, 2.75) is 59.5 Å². The van der Waals surface area contributed by atoms with E-state index in [9.17, 15) is 9.59 Å². The van der Waals surface area contributed by atoms with E-state index in [0.717, 1.165) is 52.2 Å². The number of likely N-dealkylation sites (tertiary alicyclic amines) is 1. The van der Waals surface area contributed by atoms with Gasteiger partial charge < -0.3 is 4.90 Å². The standard InChI is InChI=1S/C21H27N5O2S/c1-5-16-14(4)29-19-18(16)21(28)26(12-22-19)15-8-7-9-24(10-15)20(27)17-11-25(6-2)23-13(17)3/h11-12,15H,5-10H2,1-4H3/t15-/m1/s1. The fraction of sp³-hybridized carbons (Fsp3) is 0.524. The quantitative estimate of drug-likeness (QED) is 0.658. The van der Waals surface area contributed by atoms with Crippen LogP contribution in [0, 0.1) is 13.8 Å². The number of carbonyl (C=O) groups excluding carboxylic acids is 1. The second-order valence-electron chi connectivity index (χ2n) is 7.66. The van der Waals surface area contributed by atoms with Crippen molar-refractivity contribution >= 4 is 27.5 Å². The Bertz CT molecular complexity index is 1130. The molecule has 0 spiro atoms. The first-order valence-corrected chi connectivity index (χ1v) is 11.1. The van der Waals surface area contributed by atoms with Crippen molar-refractivity contribution < 1.29 is 4.79 Å². The van der Waals surface area contributed by atoms with Gasteiger partial charge in [0.1, 0.15) is 4.83 Å². The Morgan fingerprint density at radius 3 is 2.79 bits per heavy atom. The molecule has 1 amide bonds. The van der Waals surface area contributed by atoms with Gasteiger partial charge in [-0.3, -0.25) is 18.8 Å². The third-order valence-corrected chi connectivity index (χ3v) is 6.93. The van der Waals surface area contributed by atoms with Crippen LogP contribution in [0.3, 0.4) is 0 Å². The minimum atomic E-state index is -0.0523. The number of rotatable bonds is 4. The molecule has 0 bridgehead atoms. The van der Waals surface area contributed by atoms with Crippen LogP contribution in [0.2, 0.25) is 0 Å². The highest BCUT2D eigenvalue weighted by atomic mass is 32.1. The molecular formula is C21H27N5O2S. The number of amides is 1. The Hall–Kier alpha value is -2.48. The van der Waals surface area contributed by atoms with Gasteiger partial charge in [0.05, 0.1) is 29.0 Å². The number of aryl methyl sites for hydroxylation is 4. The van der Waals surface area contributed by atoms with E-state index in [2.05, 4.69) is 23.9 Å². The number of hydrogen-bond donors (Lipinski definition) is 0. The fourth-order valence-corrected chi connectivity index (χ4v) is 5.35. The SMILES string of the molecule is CCc1c(C)sc2ncn([C@@H]3CCCN(C(=O)c4cn(CC)nc4C)C3)c(=O)c12. The Morgan fingerprint density at radius 2 is 2.10 bits per heavy atom. The molecule has 0 saturated carbocycles. The van der Waals surface area contributed by atoms with E-state index < -0.39 is 0 Å². The van der Waals surface area contributed by atoms with Gasteiger partial charge >= 0.3 is 0 Å². The van der Waals surface area contributed by atoms with Gasteiger partial charge in [0.25, 0.3) is 11.5 Å². The molecule has 7 nitrogen and oxygen atoms in total. The number of fused-ring (bicyclic) bond motifs is 1. The van der Waals surface area contributed by atoms with Crippen molar-refractivity contribution in [2.24, 2.45) is 0 Å². The van der Waals surface area contributed by atoms with Crippen LogP contribution in [0.5, 0.6) is 0 Å². The third-order valence-electron chi connectivity index (χ3n) is 5.87. The number of nitrogens with zero attached hydrogens (tertiary/aromatic N) is 5. The predicted molar refractivity (Wildman–Crippen MR) is 115 cm³/mol. The summed E-state index contributed by atoms with van der Waals surface area (Å²) in [4.78, 5) is 34.8. The largest absolute Gasteiger partial charge is 0.336 e. The molecule has 154 valence electrons. The number of carbonyl (C=O) groups is 1. The molecule has 0 radical (unpaired) electrons. The topological polar surface area (TPSA) is 73.0 Å². The van der Waals surface area contributed by atoms with Crippen LogP contribution in [0.4, 0.5) is 0 Å². The second-order valence-corrected chi connectivity index (χ2v) is 8.86. The van der Waals surface area contributed by atoms with Crippen molar-refractivity contribution in [3.63, 3.8) is 0 Å². The van der Waals surface area contributed by atoms with E-state index in [1.54, 1.807) is 26.9 Å². The Morgan fingerprint density at radius 1 is 1.31 bits per heavy atom. The van der Waals surface area contributed by atoms with Crippen molar-refractivity contribution in [3.8, 4) is 0 Å². The van der Waals surface area contributed by atoms with E-state index in [1.165, 1.54) is 0 Å². The first kappa shape index (κ1) is 19.8. The summed E-state index contributed by atoms with van der Waals surface area (Å²) >= 11 is 1.58. The van der Waals surface area contributed by atoms with Gasteiger partial charge in [0.15, 0.2) is 0 Å². The molecule has 0 N–H and O–H groups in total. The number of piperidine rings is 1. The number of thiophene rings is 1. The van der Waals surface area contributed by atoms with E-state index in [1.807, 2.05) is 24.9 Å². The average Bonchev–Trinajstić information content (AvgIpc) is 3.26. The van der Waals surface area contributed by atoms with Crippen molar-refractivity contribution in [1.82, 2.24) is 24.2 Å². The summed E-state index contributed by atoms with van der Waals surface area (Å²) in [5.74, 6) is -0.00499. The minimum Gasteiger partial charge on any atom is -0.336 e. The molecule has 1 fully saturated rings. The molecule has 8 heteroatoms. The van der Waals surface area contributed by atoms with E-state index >= 15 is 0 Å². The molecule has 1 aliphatic heterocycles. The molecule has 1 saturated heterocycles. The summed E-state index contributed by atoms with van der Waals surface area (Å²) in [6.07, 6.45) is 6.05. The maximum atomic E-state index is 13.3. The van der Waals surface area contributed by atoms with Crippen LogP contribution < -0.4 is 5.56 Å². The van der Waals surface area contributed by atoms with Gasteiger partial charge in [-0.2, -0.15) is 5.10 Å². The van der Waals surface area contributed by atoms with E-state index in [-0.39, 0.29) is 17.5 Å². The molecule has 1 aliphatic rings. The van der Waals surface area contributed by atoms with Gasteiger partial charge in [-0.25, -0.2) is 4.98 Å². The van der Waals surface area contributed by atoms with E-state index in [0.29, 0.717) is 18.7 Å². The Balaban J connectivity index is 1.65. The van der Waals surface area contributed by atoms with Crippen LogP contribution in [0.25, 0.3) is 10.2 Å². The summed E-state index contributed by atoms with van der Waals surface area (Å²) in [5.41, 5.74) is 2.52. The highest BCUT2D eigenvalue weighted by Crippen LogP contribution is 2.28. The van der Waals surface area contributed by atoms with Gasteiger partial charge in [-0.1, -0.05) is 6.92 Å². The zero-order valence-electron chi connectivity index (χ0n) is 17.4. The molecule has 3 aromatic heterocycles. The van der Waals surface area contributed by atoms with Gasteiger partial charge in [0, 0.05) is 30.7 Å². The average molecular weight is 414 g/mol. The lowest BCUT2D eigenvalue weighted by Crippen LogP contribution is -2.43. The summed E-state index contributed by atoms with van der Waals surface area (Å²) in [6, 6.07) is -0.0523. The highest BCUT2D eigenvalue weighted by Gasteiger charge is 2.28. The van der Waals surface area contributed by atoms with Crippen LogP contribution in [0.15, 0.2) is 17.3 Å². The van der Waals surface area contributed by atoms with Crippen molar-refractivity contribution in [3.05, 3.63) is 44.6 Å². The van der Waals surface area contributed by atoms with Gasteiger partial charge in [-0.05, 0) is 45.6 Å². The van der Waals surface area contributed by atoms with Crippen LogP contribution in [-0.2, 0) is 13.0 Å². The lowest BCUT2D eigenvalue weighted by Gasteiger charge is -2.33. The lowest BCUT2D eigenvalue weighted by molar-refractivity contribution is 0.0676. The van der Waals surface area contributed by atoms with Crippen molar-refractivity contribution in [2.75, 3.05) is 13.1 Å². The molecule has 4 heterocycles. The second kappa shape index (κ2) is 7.74. The molecule has 0 aliphatic carbocycles. The first-order valence-electron chi connectivity index (χ1n) is 10.3. The van der Waals surface area contributed by atoms with E-state index in [4.69, 9.17) is 0 Å².